The molecule has 1 saturated heterocycles. The van der Waals surface area contributed by atoms with Gasteiger partial charge in [0.15, 0.2) is 0 Å². The molecule has 1 amide bonds. The van der Waals surface area contributed by atoms with Crippen molar-refractivity contribution in [3.8, 4) is 0 Å². The summed E-state index contributed by atoms with van der Waals surface area (Å²) < 4.78 is 2.67. The molecule has 0 atom stereocenters. The van der Waals surface area contributed by atoms with E-state index in [4.69, 9.17) is 12.2 Å². The maximum absolute atomic E-state index is 12.0. The van der Waals surface area contributed by atoms with Gasteiger partial charge in [-0.15, -0.1) is 0 Å². The lowest BCUT2D eigenvalue weighted by atomic mass is 10.1. The van der Waals surface area contributed by atoms with E-state index in [1.54, 1.807) is 7.05 Å². The molecular formula is C14H12N2OS2. The molecule has 5 heteroatoms. The van der Waals surface area contributed by atoms with Crippen molar-refractivity contribution in [1.29, 1.82) is 0 Å². The lowest BCUT2D eigenvalue weighted by Crippen LogP contribution is -2.22. The van der Waals surface area contributed by atoms with Gasteiger partial charge in [0.05, 0.1) is 4.91 Å². The van der Waals surface area contributed by atoms with E-state index in [9.17, 15) is 4.79 Å². The molecule has 0 aliphatic carbocycles. The van der Waals surface area contributed by atoms with Crippen LogP contribution in [0.4, 0.5) is 0 Å². The molecule has 0 bridgehead atoms. The maximum atomic E-state index is 12.0. The summed E-state index contributed by atoms with van der Waals surface area (Å²) in [4.78, 5) is 14.2. The van der Waals surface area contributed by atoms with Gasteiger partial charge in [0.2, 0.25) is 0 Å². The van der Waals surface area contributed by atoms with Crippen LogP contribution in [0.15, 0.2) is 35.4 Å². The Kier molecular flexibility index (Phi) is 2.95. The van der Waals surface area contributed by atoms with Crippen LogP contribution in [0, 0.1) is 0 Å². The fourth-order valence-corrected chi connectivity index (χ4v) is 3.35. The second-order valence-electron chi connectivity index (χ2n) is 4.45. The minimum Gasteiger partial charge on any atom is -0.350 e. The Labute approximate surface area is 120 Å². The molecular weight excluding hydrogens is 276 g/mol. The Morgan fingerprint density at radius 3 is 2.68 bits per heavy atom. The normalized spacial score (nSPS) is 18.0. The second-order valence-corrected chi connectivity index (χ2v) is 6.13. The fraction of sp³-hybridized carbons (Fsp3) is 0.143. The lowest BCUT2D eigenvalue weighted by Gasteiger charge is -2.03. The van der Waals surface area contributed by atoms with Crippen LogP contribution in [0.25, 0.3) is 17.0 Å². The predicted molar refractivity (Wildman–Crippen MR) is 83.9 cm³/mol. The number of benzene rings is 1. The van der Waals surface area contributed by atoms with E-state index in [2.05, 4.69) is 16.7 Å². The van der Waals surface area contributed by atoms with Gasteiger partial charge >= 0.3 is 0 Å². The maximum Gasteiger partial charge on any atom is 0.265 e. The van der Waals surface area contributed by atoms with Crippen LogP contribution in [-0.4, -0.2) is 26.7 Å². The molecule has 2 heterocycles. The van der Waals surface area contributed by atoms with Crippen molar-refractivity contribution in [2.45, 2.75) is 0 Å². The van der Waals surface area contributed by atoms with Crippen molar-refractivity contribution in [2.75, 3.05) is 7.05 Å². The summed E-state index contributed by atoms with van der Waals surface area (Å²) in [6.07, 6.45) is 3.96. The van der Waals surface area contributed by atoms with Gasteiger partial charge in [-0.2, -0.15) is 0 Å². The van der Waals surface area contributed by atoms with E-state index in [-0.39, 0.29) is 5.91 Å². The monoisotopic (exact) mass is 288 g/mol. The Bertz CT molecular complexity index is 730. The lowest BCUT2D eigenvalue weighted by molar-refractivity contribution is -0.121. The summed E-state index contributed by atoms with van der Waals surface area (Å²) in [5, 5.41) is 1.14. The van der Waals surface area contributed by atoms with E-state index in [0.717, 1.165) is 16.5 Å². The number of rotatable bonds is 1. The fourth-order valence-electron chi connectivity index (χ4n) is 2.17. The first-order valence-corrected chi connectivity index (χ1v) is 7.06. The first-order valence-electron chi connectivity index (χ1n) is 5.83. The summed E-state index contributed by atoms with van der Waals surface area (Å²) in [5.41, 5.74) is 2.20. The first kappa shape index (κ1) is 12.4. The summed E-state index contributed by atoms with van der Waals surface area (Å²) in [7, 11) is 3.71. The van der Waals surface area contributed by atoms with E-state index in [1.807, 2.05) is 31.5 Å². The molecule has 2 aromatic rings. The average molecular weight is 288 g/mol. The van der Waals surface area contributed by atoms with Crippen LogP contribution in [0.2, 0.25) is 0 Å². The number of thiocarbonyl (C=S) groups is 1. The van der Waals surface area contributed by atoms with Gasteiger partial charge in [-0.05, 0) is 12.1 Å². The number of fused-ring (bicyclic) bond motifs is 1. The third-order valence-electron chi connectivity index (χ3n) is 3.20. The zero-order valence-electron chi connectivity index (χ0n) is 10.6. The number of hydrogen-bond donors (Lipinski definition) is 0. The molecule has 1 aliphatic rings. The molecule has 3 rings (SSSR count). The largest absolute Gasteiger partial charge is 0.350 e. The third-order valence-corrected chi connectivity index (χ3v) is 4.69. The van der Waals surface area contributed by atoms with Crippen molar-refractivity contribution in [2.24, 2.45) is 7.05 Å². The molecule has 19 heavy (non-hydrogen) atoms. The predicted octanol–water partition coefficient (Wildman–Crippen LogP) is 3.01. The Morgan fingerprint density at radius 2 is 2.00 bits per heavy atom. The van der Waals surface area contributed by atoms with Gasteiger partial charge in [0.1, 0.15) is 4.32 Å². The standard InChI is InChI=1S/C14H12N2OS2/c1-15-8-9(10-5-3-4-6-11(10)15)7-12-13(17)16(2)14(18)19-12/h3-8H,1-2H3/b12-7+. The highest BCUT2D eigenvalue weighted by atomic mass is 32.2. The number of carbonyl (C=O) groups is 1. The third kappa shape index (κ3) is 1.99. The number of likely N-dealkylation sites (N-methyl/N-ethyl adjacent to an activating group) is 1. The Hall–Kier alpha value is -1.59. The van der Waals surface area contributed by atoms with E-state index in [0.29, 0.717) is 9.23 Å². The van der Waals surface area contributed by atoms with Crippen LogP contribution in [0.5, 0.6) is 0 Å². The smallest absolute Gasteiger partial charge is 0.265 e. The zero-order valence-corrected chi connectivity index (χ0v) is 12.2. The molecule has 0 radical (unpaired) electrons. The molecule has 3 nitrogen and oxygen atoms in total. The zero-order chi connectivity index (χ0) is 13.6. The number of para-hydroxylation sites is 1. The van der Waals surface area contributed by atoms with E-state index < -0.39 is 0 Å². The molecule has 1 aromatic heterocycles. The molecule has 0 N–H and O–H groups in total. The number of thioether (sulfide) groups is 1. The van der Waals surface area contributed by atoms with Gasteiger partial charge in [-0.1, -0.05) is 42.2 Å². The van der Waals surface area contributed by atoms with E-state index >= 15 is 0 Å². The number of amides is 1. The molecule has 0 unspecified atom stereocenters. The highest BCUT2D eigenvalue weighted by Crippen LogP contribution is 2.33. The van der Waals surface area contributed by atoms with Gasteiger partial charge in [-0.3, -0.25) is 9.69 Å². The van der Waals surface area contributed by atoms with Crippen molar-refractivity contribution in [3.63, 3.8) is 0 Å². The van der Waals surface area contributed by atoms with E-state index in [1.165, 1.54) is 16.7 Å². The van der Waals surface area contributed by atoms with Gasteiger partial charge in [0, 0.05) is 36.8 Å². The highest BCUT2D eigenvalue weighted by molar-refractivity contribution is 8.26. The molecule has 0 saturated carbocycles. The van der Waals surface area contributed by atoms with Crippen LogP contribution < -0.4 is 0 Å². The molecule has 1 aromatic carbocycles. The summed E-state index contributed by atoms with van der Waals surface area (Å²) in [5.74, 6) is -0.0251. The van der Waals surface area contributed by atoms with Crippen molar-refractivity contribution >= 4 is 51.2 Å². The quantitative estimate of drug-likeness (QED) is 0.596. The second kappa shape index (κ2) is 4.51. The van der Waals surface area contributed by atoms with Crippen LogP contribution in [0.3, 0.4) is 0 Å². The van der Waals surface area contributed by atoms with Crippen molar-refractivity contribution in [3.05, 3.63) is 40.9 Å². The summed E-state index contributed by atoms with van der Waals surface area (Å²) >= 11 is 6.49. The number of aryl methyl sites for hydroxylation is 1. The molecule has 1 fully saturated rings. The molecule has 96 valence electrons. The van der Waals surface area contributed by atoms with Crippen molar-refractivity contribution in [1.82, 2.24) is 9.47 Å². The number of nitrogens with zero attached hydrogens (tertiary/aromatic N) is 2. The minimum absolute atomic E-state index is 0.0251. The first-order chi connectivity index (χ1) is 9.08. The topological polar surface area (TPSA) is 25.2 Å². The summed E-state index contributed by atoms with van der Waals surface area (Å²) in [6.45, 7) is 0. The molecule has 1 aliphatic heterocycles. The van der Waals surface area contributed by atoms with Gasteiger partial charge in [0.25, 0.3) is 5.91 Å². The van der Waals surface area contributed by atoms with Crippen LogP contribution >= 0.6 is 24.0 Å². The average Bonchev–Trinajstić information content (AvgIpc) is 2.84. The van der Waals surface area contributed by atoms with Gasteiger partial charge in [-0.25, -0.2) is 0 Å². The molecule has 0 spiro atoms. The minimum atomic E-state index is -0.0251. The van der Waals surface area contributed by atoms with Crippen LogP contribution in [-0.2, 0) is 11.8 Å². The highest BCUT2D eigenvalue weighted by Gasteiger charge is 2.28. The Balaban J connectivity index is 2.12. The SMILES string of the molecule is CN1C(=O)/C(=C\c2cn(C)c3ccccc23)SC1=S. The summed E-state index contributed by atoms with van der Waals surface area (Å²) in [6, 6.07) is 8.15. The number of hydrogen-bond acceptors (Lipinski definition) is 3. The van der Waals surface area contributed by atoms with Gasteiger partial charge < -0.3 is 4.57 Å². The van der Waals surface area contributed by atoms with Crippen molar-refractivity contribution < 1.29 is 4.79 Å². The number of aromatic nitrogens is 1. The van der Waals surface area contributed by atoms with Crippen LogP contribution in [0.1, 0.15) is 5.56 Å². The number of carbonyl (C=O) groups excluding carboxylic acids is 1. The Morgan fingerprint density at radius 1 is 1.26 bits per heavy atom.